The standard InChI is InChI=1S/C20H22N2O3S/c1-13-10-18(26-12-13)19(23)21-14-5-6-17-16(11-14)20(24)22-8-3-2-4-15(22)7-9-25-17/h5-6,10-12,15H,2-4,7-9H2,1H3,(H,21,23). The maximum Gasteiger partial charge on any atom is 0.265 e. The molecule has 2 amide bonds. The number of nitrogens with one attached hydrogen (secondary N) is 1. The lowest BCUT2D eigenvalue weighted by Gasteiger charge is -2.37. The molecular formula is C20H22N2O3S. The third-order valence-electron chi connectivity index (χ3n) is 5.02. The molecule has 1 aromatic carbocycles. The number of anilines is 1. The minimum atomic E-state index is -0.155. The Labute approximate surface area is 157 Å². The van der Waals surface area contributed by atoms with Crippen molar-refractivity contribution in [2.24, 2.45) is 0 Å². The average molecular weight is 370 g/mol. The van der Waals surface area contributed by atoms with Gasteiger partial charge in [-0.1, -0.05) is 0 Å². The van der Waals surface area contributed by atoms with Gasteiger partial charge in [0.15, 0.2) is 0 Å². The molecule has 0 radical (unpaired) electrons. The van der Waals surface area contributed by atoms with E-state index in [-0.39, 0.29) is 17.9 Å². The molecule has 0 saturated carbocycles. The molecule has 2 aliphatic rings. The highest BCUT2D eigenvalue weighted by atomic mass is 32.1. The molecule has 0 aliphatic carbocycles. The van der Waals surface area contributed by atoms with Crippen LogP contribution in [-0.2, 0) is 0 Å². The van der Waals surface area contributed by atoms with Crippen molar-refractivity contribution < 1.29 is 14.3 Å². The smallest absolute Gasteiger partial charge is 0.265 e. The van der Waals surface area contributed by atoms with Crippen LogP contribution in [0.15, 0.2) is 29.6 Å². The highest BCUT2D eigenvalue weighted by Crippen LogP contribution is 2.31. The van der Waals surface area contributed by atoms with Gasteiger partial charge in [0.25, 0.3) is 11.8 Å². The summed E-state index contributed by atoms with van der Waals surface area (Å²) in [6.45, 7) is 3.37. The van der Waals surface area contributed by atoms with Crippen molar-refractivity contribution in [2.45, 2.75) is 38.6 Å². The molecule has 136 valence electrons. The van der Waals surface area contributed by atoms with Crippen LogP contribution in [0.1, 0.15) is 51.3 Å². The maximum absolute atomic E-state index is 13.1. The molecule has 5 nitrogen and oxygen atoms in total. The first-order valence-corrected chi connectivity index (χ1v) is 9.94. The van der Waals surface area contributed by atoms with Crippen LogP contribution in [0.5, 0.6) is 5.75 Å². The number of rotatable bonds is 2. The van der Waals surface area contributed by atoms with Crippen molar-refractivity contribution >= 4 is 28.8 Å². The van der Waals surface area contributed by atoms with Gasteiger partial charge < -0.3 is 15.0 Å². The van der Waals surface area contributed by atoms with E-state index in [1.54, 1.807) is 18.2 Å². The molecule has 0 bridgehead atoms. The largest absolute Gasteiger partial charge is 0.493 e. The van der Waals surface area contributed by atoms with E-state index >= 15 is 0 Å². The fourth-order valence-corrected chi connectivity index (χ4v) is 4.46. The van der Waals surface area contributed by atoms with Crippen molar-refractivity contribution in [2.75, 3.05) is 18.5 Å². The minimum absolute atomic E-state index is 0.00691. The Morgan fingerprint density at radius 1 is 1.27 bits per heavy atom. The van der Waals surface area contributed by atoms with Crippen LogP contribution in [0.3, 0.4) is 0 Å². The molecule has 3 heterocycles. The molecule has 0 spiro atoms. The Hall–Kier alpha value is -2.34. The number of hydrogen-bond acceptors (Lipinski definition) is 4. The molecule has 1 fully saturated rings. The summed E-state index contributed by atoms with van der Waals surface area (Å²) in [4.78, 5) is 28.1. The van der Waals surface area contributed by atoms with Crippen LogP contribution >= 0.6 is 11.3 Å². The molecule has 6 heteroatoms. The summed E-state index contributed by atoms with van der Waals surface area (Å²) in [5.41, 5.74) is 2.22. The van der Waals surface area contributed by atoms with Crippen molar-refractivity contribution in [3.05, 3.63) is 45.6 Å². The second-order valence-corrected chi connectivity index (χ2v) is 7.85. The Bertz CT molecular complexity index is 845. The average Bonchev–Trinajstić information content (AvgIpc) is 3.08. The summed E-state index contributed by atoms with van der Waals surface area (Å²) in [6, 6.07) is 7.44. The number of hydrogen-bond donors (Lipinski definition) is 1. The first-order valence-electron chi connectivity index (χ1n) is 9.06. The molecule has 1 unspecified atom stereocenters. The summed E-state index contributed by atoms with van der Waals surface area (Å²) in [5.74, 6) is 0.453. The van der Waals surface area contributed by atoms with Gasteiger partial charge in [-0.3, -0.25) is 9.59 Å². The maximum atomic E-state index is 13.1. The van der Waals surface area contributed by atoms with Gasteiger partial charge in [-0.05, 0) is 61.4 Å². The van der Waals surface area contributed by atoms with E-state index in [9.17, 15) is 9.59 Å². The highest BCUT2D eigenvalue weighted by Gasteiger charge is 2.31. The van der Waals surface area contributed by atoms with Crippen molar-refractivity contribution in [3.63, 3.8) is 0 Å². The van der Waals surface area contributed by atoms with E-state index < -0.39 is 0 Å². The zero-order valence-corrected chi connectivity index (χ0v) is 15.6. The summed E-state index contributed by atoms with van der Waals surface area (Å²) in [7, 11) is 0. The molecule has 1 aromatic heterocycles. The quantitative estimate of drug-likeness (QED) is 0.866. The predicted molar refractivity (Wildman–Crippen MR) is 102 cm³/mol. The van der Waals surface area contributed by atoms with E-state index in [4.69, 9.17) is 4.74 Å². The van der Waals surface area contributed by atoms with Gasteiger partial charge in [0.1, 0.15) is 5.75 Å². The number of piperidine rings is 1. The van der Waals surface area contributed by atoms with Crippen LogP contribution in [0, 0.1) is 6.92 Å². The SMILES string of the molecule is Cc1csc(C(=O)Nc2ccc3c(c2)C(=O)N2CCCCC2CCO3)c1. The third kappa shape index (κ3) is 3.33. The number of benzene rings is 1. The number of nitrogens with zero attached hydrogens (tertiary/aromatic N) is 1. The van der Waals surface area contributed by atoms with E-state index in [1.807, 2.05) is 23.3 Å². The molecule has 2 aliphatic heterocycles. The van der Waals surface area contributed by atoms with Crippen LogP contribution in [0.2, 0.25) is 0 Å². The minimum Gasteiger partial charge on any atom is -0.493 e. The second kappa shape index (κ2) is 7.11. The molecule has 4 rings (SSSR count). The molecule has 1 atom stereocenters. The van der Waals surface area contributed by atoms with Gasteiger partial charge >= 0.3 is 0 Å². The zero-order chi connectivity index (χ0) is 18.1. The molecule has 1 saturated heterocycles. The topological polar surface area (TPSA) is 58.6 Å². The monoisotopic (exact) mass is 370 g/mol. The molecule has 2 aromatic rings. The van der Waals surface area contributed by atoms with Crippen LogP contribution < -0.4 is 10.1 Å². The van der Waals surface area contributed by atoms with Crippen LogP contribution in [0.25, 0.3) is 0 Å². The zero-order valence-electron chi connectivity index (χ0n) is 14.8. The second-order valence-electron chi connectivity index (χ2n) is 6.94. The van der Waals surface area contributed by atoms with Crippen LogP contribution in [-0.4, -0.2) is 35.9 Å². The number of aryl methyl sites for hydroxylation is 1. The number of ether oxygens (including phenoxy) is 1. The summed E-state index contributed by atoms with van der Waals surface area (Å²) in [6.07, 6.45) is 4.13. The Morgan fingerprint density at radius 3 is 2.96 bits per heavy atom. The van der Waals surface area contributed by atoms with Gasteiger partial charge in [0.05, 0.1) is 17.0 Å². The van der Waals surface area contributed by atoms with Gasteiger partial charge in [-0.15, -0.1) is 11.3 Å². The highest BCUT2D eigenvalue weighted by molar-refractivity contribution is 7.12. The van der Waals surface area contributed by atoms with Crippen molar-refractivity contribution in [3.8, 4) is 5.75 Å². The molecule has 26 heavy (non-hydrogen) atoms. The van der Waals surface area contributed by atoms with Crippen LogP contribution in [0.4, 0.5) is 5.69 Å². The van der Waals surface area contributed by atoms with Crippen molar-refractivity contribution in [1.29, 1.82) is 0 Å². The number of carbonyl (C=O) groups excluding carboxylic acids is 2. The van der Waals surface area contributed by atoms with Gasteiger partial charge in [-0.25, -0.2) is 0 Å². The normalized spacial score (nSPS) is 19.7. The number of fused-ring (bicyclic) bond motifs is 2. The van der Waals surface area contributed by atoms with Crippen molar-refractivity contribution in [1.82, 2.24) is 4.90 Å². The number of amides is 2. The van der Waals surface area contributed by atoms with E-state index in [0.717, 1.165) is 37.8 Å². The lowest BCUT2D eigenvalue weighted by Crippen LogP contribution is -2.45. The number of thiophene rings is 1. The van der Waals surface area contributed by atoms with Gasteiger partial charge in [0.2, 0.25) is 0 Å². The van der Waals surface area contributed by atoms with E-state index in [2.05, 4.69) is 5.32 Å². The molecular weight excluding hydrogens is 348 g/mol. The third-order valence-corrected chi connectivity index (χ3v) is 6.07. The fourth-order valence-electron chi connectivity index (χ4n) is 3.67. The lowest BCUT2D eigenvalue weighted by molar-refractivity contribution is 0.0548. The first-order chi connectivity index (χ1) is 12.6. The predicted octanol–water partition coefficient (Wildman–Crippen LogP) is 4.09. The first kappa shape index (κ1) is 17.1. The summed E-state index contributed by atoms with van der Waals surface area (Å²) >= 11 is 1.42. The van der Waals surface area contributed by atoms with Gasteiger partial charge in [-0.2, -0.15) is 0 Å². The van der Waals surface area contributed by atoms with Gasteiger partial charge in [0, 0.05) is 24.7 Å². The summed E-state index contributed by atoms with van der Waals surface area (Å²) < 4.78 is 5.84. The Balaban J connectivity index is 1.60. The van der Waals surface area contributed by atoms with E-state index in [0.29, 0.717) is 28.5 Å². The lowest BCUT2D eigenvalue weighted by atomic mass is 9.97. The molecule has 1 N–H and O–H groups in total. The van der Waals surface area contributed by atoms with E-state index in [1.165, 1.54) is 11.3 Å². The Morgan fingerprint density at radius 2 is 2.15 bits per heavy atom. The number of carbonyl (C=O) groups is 2. The summed E-state index contributed by atoms with van der Waals surface area (Å²) in [5, 5.41) is 4.84. The Kier molecular flexibility index (Phi) is 4.68. The fraction of sp³-hybridized carbons (Fsp3) is 0.400.